The molecular weight excluding hydrogens is 344 g/mol. The van der Waals surface area contributed by atoms with Gasteiger partial charge in [-0.15, -0.1) is 11.3 Å². The fourth-order valence-electron chi connectivity index (χ4n) is 3.67. The fourth-order valence-corrected chi connectivity index (χ4v) is 4.38. The number of nitriles is 1. The lowest BCUT2D eigenvalue weighted by atomic mass is 9.89. The molecular formula is C20H20N4OS. The average Bonchev–Trinajstić information content (AvgIpc) is 3.28. The summed E-state index contributed by atoms with van der Waals surface area (Å²) in [5.41, 5.74) is 2.58. The van der Waals surface area contributed by atoms with E-state index in [9.17, 15) is 10.1 Å². The van der Waals surface area contributed by atoms with E-state index in [4.69, 9.17) is 0 Å². The second-order valence-electron chi connectivity index (χ2n) is 6.77. The van der Waals surface area contributed by atoms with E-state index < -0.39 is 0 Å². The van der Waals surface area contributed by atoms with E-state index >= 15 is 0 Å². The summed E-state index contributed by atoms with van der Waals surface area (Å²) in [4.78, 5) is 18.2. The van der Waals surface area contributed by atoms with Crippen molar-refractivity contribution >= 4 is 22.2 Å². The predicted octanol–water partition coefficient (Wildman–Crippen LogP) is 4.24. The summed E-state index contributed by atoms with van der Waals surface area (Å²) < 4.78 is 1.93. The van der Waals surface area contributed by atoms with Crippen LogP contribution in [-0.4, -0.2) is 21.8 Å². The van der Waals surface area contributed by atoms with Crippen LogP contribution in [0.3, 0.4) is 0 Å². The van der Waals surface area contributed by atoms with E-state index in [0.717, 1.165) is 16.2 Å². The number of nitrogens with one attached hydrogen (secondary N) is 1. The Morgan fingerprint density at radius 3 is 3.00 bits per heavy atom. The Bertz CT molecular complexity index is 975. The van der Waals surface area contributed by atoms with Crippen molar-refractivity contribution in [3.8, 4) is 17.3 Å². The third kappa shape index (κ3) is 3.23. The Morgan fingerprint density at radius 1 is 1.35 bits per heavy atom. The summed E-state index contributed by atoms with van der Waals surface area (Å²) in [6, 6.07) is 9.48. The number of benzene rings is 1. The average molecular weight is 364 g/mol. The maximum atomic E-state index is 12.9. The molecule has 1 aliphatic rings. The van der Waals surface area contributed by atoms with E-state index in [-0.39, 0.29) is 5.91 Å². The monoisotopic (exact) mass is 364 g/mol. The van der Waals surface area contributed by atoms with Crippen molar-refractivity contribution in [2.24, 2.45) is 5.92 Å². The maximum absolute atomic E-state index is 12.9. The van der Waals surface area contributed by atoms with Gasteiger partial charge in [0, 0.05) is 23.7 Å². The van der Waals surface area contributed by atoms with E-state index in [1.54, 1.807) is 12.1 Å². The summed E-state index contributed by atoms with van der Waals surface area (Å²) >= 11 is 1.50. The van der Waals surface area contributed by atoms with Crippen molar-refractivity contribution in [3.63, 3.8) is 0 Å². The molecule has 26 heavy (non-hydrogen) atoms. The van der Waals surface area contributed by atoms with Crippen LogP contribution in [0, 0.1) is 17.2 Å². The molecule has 0 spiro atoms. The highest BCUT2D eigenvalue weighted by molar-refractivity contribution is 7.15. The first kappa shape index (κ1) is 16.8. The third-order valence-corrected chi connectivity index (χ3v) is 5.77. The minimum atomic E-state index is -0.135. The van der Waals surface area contributed by atoms with Gasteiger partial charge in [0.1, 0.15) is 0 Å². The quantitative estimate of drug-likeness (QED) is 0.752. The Morgan fingerprint density at radius 2 is 2.19 bits per heavy atom. The van der Waals surface area contributed by atoms with E-state index in [1.165, 1.54) is 43.4 Å². The molecule has 0 bridgehead atoms. The lowest BCUT2D eigenvalue weighted by molar-refractivity contribution is 0.0940. The number of hydrogen-bond donors (Lipinski definition) is 1. The number of carbonyl (C=O) groups is 1. The molecule has 1 amide bonds. The molecule has 0 aliphatic heterocycles. The summed E-state index contributed by atoms with van der Waals surface area (Å²) in [6.45, 7) is 0.710. The molecule has 132 valence electrons. The molecule has 1 N–H and O–H groups in total. The zero-order valence-corrected chi connectivity index (χ0v) is 15.3. The molecule has 1 saturated carbocycles. The van der Waals surface area contributed by atoms with Gasteiger partial charge in [-0.1, -0.05) is 31.4 Å². The Labute approximate surface area is 156 Å². The molecule has 3 aromatic rings. The van der Waals surface area contributed by atoms with Gasteiger partial charge in [0.2, 0.25) is 0 Å². The van der Waals surface area contributed by atoms with Crippen LogP contribution >= 0.6 is 11.3 Å². The van der Waals surface area contributed by atoms with Gasteiger partial charge in [-0.05, 0) is 30.9 Å². The van der Waals surface area contributed by atoms with Gasteiger partial charge in [0.25, 0.3) is 5.91 Å². The molecule has 2 heterocycles. The molecule has 1 fully saturated rings. The van der Waals surface area contributed by atoms with Gasteiger partial charge < -0.3 is 5.32 Å². The van der Waals surface area contributed by atoms with Crippen molar-refractivity contribution in [3.05, 3.63) is 47.1 Å². The Hall–Kier alpha value is -2.65. The van der Waals surface area contributed by atoms with Crippen LogP contribution in [0.1, 0.15) is 48.2 Å². The number of thiazole rings is 1. The molecule has 0 unspecified atom stereocenters. The molecule has 1 aromatic carbocycles. The molecule has 0 atom stereocenters. The largest absolute Gasteiger partial charge is 0.350 e. The van der Waals surface area contributed by atoms with Crippen LogP contribution in [0.4, 0.5) is 0 Å². The van der Waals surface area contributed by atoms with E-state index in [2.05, 4.69) is 16.4 Å². The molecule has 0 saturated heterocycles. The lowest BCUT2D eigenvalue weighted by Gasteiger charge is -2.21. The van der Waals surface area contributed by atoms with Crippen molar-refractivity contribution in [2.45, 2.75) is 32.1 Å². The Kier molecular flexibility index (Phi) is 4.72. The van der Waals surface area contributed by atoms with Crippen LogP contribution in [0.15, 0.2) is 35.8 Å². The molecule has 4 rings (SSSR count). The normalized spacial score (nSPS) is 15.0. The maximum Gasteiger partial charge on any atom is 0.272 e. The third-order valence-electron chi connectivity index (χ3n) is 5.02. The summed E-state index contributed by atoms with van der Waals surface area (Å²) in [5, 5.41) is 14.2. The first-order valence-corrected chi connectivity index (χ1v) is 9.88. The number of imidazole rings is 1. The second kappa shape index (κ2) is 7.30. The minimum Gasteiger partial charge on any atom is -0.350 e. The van der Waals surface area contributed by atoms with Gasteiger partial charge in [-0.2, -0.15) is 5.26 Å². The van der Waals surface area contributed by atoms with Crippen molar-refractivity contribution in [2.75, 3.05) is 6.54 Å². The smallest absolute Gasteiger partial charge is 0.272 e. The van der Waals surface area contributed by atoms with Crippen LogP contribution in [0.2, 0.25) is 0 Å². The highest BCUT2D eigenvalue weighted by atomic mass is 32.1. The first-order chi connectivity index (χ1) is 12.8. The van der Waals surface area contributed by atoms with Crippen molar-refractivity contribution < 1.29 is 4.79 Å². The summed E-state index contributed by atoms with van der Waals surface area (Å²) in [7, 11) is 0. The van der Waals surface area contributed by atoms with Crippen LogP contribution < -0.4 is 5.32 Å². The lowest BCUT2D eigenvalue weighted by Crippen LogP contribution is -2.30. The van der Waals surface area contributed by atoms with E-state index in [1.807, 2.05) is 28.1 Å². The van der Waals surface area contributed by atoms with Crippen LogP contribution in [0.25, 0.3) is 16.2 Å². The molecule has 0 radical (unpaired) electrons. The van der Waals surface area contributed by atoms with Gasteiger partial charge in [-0.3, -0.25) is 9.20 Å². The van der Waals surface area contributed by atoms with Crippen LogP contribution in [0.5, 0.6) is 0 Å². The Balaban J connectivity index is 1.65. The molecule has 6 heteroatoms. The van der Waals surface area contributed by atoms with Crippen LogP contribution in [-0.2, 0) is 0 Å². The van der Waals surface area contributed by atoms with E-state index in [0.29, 0.717) is 23.7 Å². The zero-order valence-electron chi connectivity index (χ0n) is 14.4. The predicted molar refractivity (Wildman–Crippen MR) is 102 cm³/mol. The minimum absolute atomic E-state index is 0.135. The molecule has 5 nitrogen and oxygen atoms in total. The van der Waals surface area contributed by atoms with Gasteiger partial charge in [0.15, 0.2) is 10.7 Å². The second-order valence-corrected chi connectivity index (χ2v) is 7.64. The number of fused-ring (bicyclic) bond motifs is 1. The number of rotatable bonds is 4. The number of hydrogen-bond acceptors (Lipinski definition) is 4. The summed E-state index contributed by atoms with van der Waals surface area (Å²) in [5.74, 6) is 0.436. The fraction of sp³-hybridized carbons (Fsp3) is 0.350. The summed E-state index contributed by atoms with van der Waals surface area (Å²) in [6.07, 6.45) is 8.12. The number of aromatic nitrogens is 2. The van der Waals surface area contributed by atoms with Crippen molar-refractivity contribution in [1.29, 1.82) is 5.26 Å². The van der Waals surface area contributed by atoms with Gasteiger partial charge in [-0.25, -0.2) is 4.98 Å². The number of amides is 1. The number of nitrogens with zero attached hydrogens (tertiary/aromatic N) is 3. The zero-order chi connectivity index (χ0) is 17.9. The molecule has 2 aromatic heterocycles. The van der Waals surface area contributed by atoms with Gasteiger partial charge in [0.05, 0.1) is 17.3 Å². The highest BCUT2D eigenvalue weighted by Gasteiger charge is 2.22. The molecule has 1 aliphatic carbocycles. The van der Waals surface area contributed by atoms with Crippen molar-refractivity contribution in [1.82, 2.24) is 14.7 Å². The standard InChI is InChI=1S/C20H20N4OS/c21-12-15-7-4-8-16(11-15)18-17(23-20-24(18)9-10-26-20)19(25)22-13-14-5-2-1-3-6-14/h4,7-11,14H,1-3,5-6,13H2,(H,22,25). The number of carbonyl (C=O) groups excluding carboxylic acids is 1. The highest BCUT2D eigenvalue weighted by Crippen LogP contribution is 2.28. The van der Waals surface area contributed by atoms with Gasteiger partial charge >= 0.3 is 0 Å². The topological polar surface area (TPSA) is 70.2 Å². The SMILES string of the molecule is N#Cc1cccc(-c2c(C(=O)NCC3CCCCC3)nc3sccn23)c1. The first-order valence-electron chi connectivity index (χ1n) is 9.00.